The van der Waals surface area contributed by atoms with E-state index < -0.39 is 0 Å². The van der Waals surface area contributed by atoms with Crippen molar-refractivity contribution in [2.45, 2.75) is 20.8 Å². The van der Waals surface area contributed by atoms with Gasteiger partial charge in [0.25, 0.3) is 0 Å². The molecule has 1 aliphatic rings. The zero-order chi connectivity index (χ0) is 16.4. The number of aromatic nitrogens is 1. The molecule has 1 aromatic rings. The lowest BCUT2D eigenvalue weighted by Crippen LogP contribution is -2.46. The van der Waals surface area contributed by atoms with E-state index in [1.165, 1.54) is 5.69 Å². The molecule has 2 heterocycles. The van der Waals surface area contributed by atoms with Crippen molar-refractivity contribution in [3.8, 4) is 0 Å². The first-order valence-corrected chi connectivity index (χ1v) is 7.75. The maximum absolute atomic E-state index is 6.01. The highest BCUT2D eigenvalue weighted by Gasteiger charge is 2.19. The van der Waals surface area contributed by atoms with E-state index in [1.54, 1.807) is 0 Å². The maximum atomic E-state index is 6.01. The van der Waals surface area contributed by atoms with Gasteiger partial charge in [-0.15, -0.1) is 0 Å². The summed E-state index contributed by atoms with van der Waals surface area (Å²) in [7, 11) is 0. The van der Waals surface area contributed by atoms with Crippen molar-refractivity contribution in [2.24, 2.45) is 10.7 Å². The lowest BCUT2D eigenvalue weighted by Gasteiger charge is -2.37. The monoisotopic (exact) mass is 301 g/mol. The van der Waals surface area contributed by atoms with Crippen LogP contribution in [0.15, 0.2) is 53.2 Å². The number of hydrogen-bond donors (Lipinski definition) is 1. The molecule has 2 N–H and O–H groups in total. The molecule has 5 nitrogen and oxygen atoms in total. The first-order valence-electron chi connectivity index (χ1n) is 7.75. The van der Waals surface area contributed by atoms with Crippen LogP contribution in [0.3, 0.4) is 0 Å². The number of hydrogen-bond acceptors (Lipinski definition) is 5. The summed E-state index contributed by atoms with van der Waals surface area (Å²) in [5, 5.41) is 0. The summed E-state index contributed by atoms with van der Waals surface area (Å²) in [6.07, 6.45) is 7.41. The number of pyridine rings is 1. The van der Waals surface area contributed by atoms with E-state index in [1.807, 2.05) is 57.4 Å². The minimum Gasteiger partial charge on any atom is -0.396 e. The van der Waals surface area contributed by atoms with Crippen LogP contribution in [0.2, 0.25) is 0 Å². The van der Waals surface area contributed by atoms with Crippen LogP contribution < -0.4 is 10.6 Å². The van der Waals surface area contributed by atoms with Crippen LogP contribution >= 0.6 is 0 Å². The minimum atomic E-state index is 0.667. The van der Waals surface area contributed by atoms with Gasteiger partial charge in [0.1, 0.15) is 0 Å². The van der Waals surface area contributed by atoms with E-state index in [2.05, 4.69) is 26.5 Å². The van der Waals surface area contributed by atoms with Gasteiger partial charge in [0.15, 0.2) is 5.82 Å². The molecular formula is C17H27N5. The van der Waals surface area contributed by atoms with Gasteiger partial charge in [-0.1, -0.05) is 19.9 Å². The van der Waals surface area contributed by atoms with Crippen LogP contribution in [-0.4, -0.2) is 42.8 Å². The molecule has 5 heteroatoms. The van der Waals surface area contributed by atoms with Crippen molar-refractivity contribution in [3.63, 3.8) is 0 Å². The Kier molecular flexibility index (Phi) is 7.75. The third kappa shape index (κ3) is 4.62. The third-order valence-corrected chi connectivity index (χ3v) is 3.36. The third-order valence-electron chi connectivity index (χ3n) is 3.36. The summed E-state index contributed by atoms with van der Waals surface area (Å²) >= 11 is 0. The van der Waals surface area contributed by atoms with Crippen molar-refractivity contribution in [1.82, 2.24) is 9.88 Å². The molecule has 0 atom stereocenters. The van der Waals surface area contributed by atoms with Crippen LogP contribution in [0.1, 0.15) is 20.8 Å². The van der Waals surface area contributed by atoms with Crippen molar-refractivity contribution in [2.75, 3.05) is 31.1 Å². The normalized spacial score (nSPS) is 16.0. The average molecular weight is 301 g/mol. The van der Waals surface area contributed by atoms with Crippen LogP contribution in [0, 0.1) is 0 Å². The predicted octanol–water partition coefficient (Wildman–Crippen LogP) is 2.63. The molecule has 2 rings (SSSR count). The number of piperazine rings is 1. The number of rotatable bonds is 4. The summed E-state index contributed by atoms with van der Waals surface area (Å²) < 4.78 is 0. The Balaban J connectivity index is 0.00000116. The molecular weight excluding hydrogens is 274 g/mol. The van der Waals surface area contributed by atoms with Crippen molar-refractivity contribution < 1.29 is 0 Å². The van der Waals surface area contributed by atoms with Gasteiger partial charge in [-0.25, -0.2) is 4.99 Å². The molecule has 1 aromatic heterocycles. The minimum absolute atomic E-state index is 0.667. The fourth-order valence-corrected chi connectivity index (χ4v) is 2.36. The Morgan fingerprint density at radius 2 is 1.82 bits per heavy atom. The molecule has 1 aliphatic heterocycles. The molecule has 1 saturated heterocycles. The van der Waals surface area contributed by atoms with Gasteiger partial charge < -0.3 is 15.5 Å². The highest BCUT2D eigenvalue weighted by molar-refractivity contribution is 5.45. The molecule has 0 spiro atoms. The molecule has 1 fully saturated rings. The lowest BCUT2D eigenvalue weighted by atomic mass is 10.2. The zero-order valence-electron chi connectivity index (χ0n) is 13.9. The van der Waals surface area contributed by atoms with E-state index >= 15 is 0 Å². The quantitative estimate of drug-likeness (QED) is 0.686. The van der Waals surface area contributed by atoms with Gasteiger partial charge in [0, 0.05) is 44.3 Å². The van der Waals surface area contributed by atoms with E-state index in [4.69, 9.17) is 5.73 Å². The number of nitrogens with two attached hydrogens (primary N) is 1. The van der Waals surface area contributed by atoms with Gasteiger partial charge >= 0.3 is 0 Å². The van der Waals surface area contributed by atoms with Crippen molar-refractivity contribution in [1.29, 1.82) is 0 Å². The topological polar surface area (TPSA) is 57.8 Å². The fourth-order valence-electron chi connectivity index (χ4n) is 2.36. The number of nitrogens with zero attached hydrogens (tertiary/aromatic N) is 4. The molecule has 0 radical (unpaired) electrons. The Morgan fingerprint density at radius 1 is 1.23 bits per heavy atom. The van der Waals surface area contributed by atoms with Crippen molar-refractivity contribution >= 4 is 12.4 Å². The van der Waals surface area contributed by atoms with Crippen LogP contribution in [0.25, 0.3) is 0 Å². The first kappa shape index (κ1) is 17.8. The largest absolute Gasteiger partial charge is 0.396 e. The predicted molar refractivity (Wildman–Crippen MR) is 94.9 cm³/mol. The van der Waals surface area contributed by atoms with Crippen LogP contribution in [0.4, 0.5) is 5.69 Å². The second-order valence-electron chi connectivity index (χ2n) is 4.62. The Hall–Kier alpha value is -2.30. The van der Waals surface area contributed by atoms with Crippen LogP contribution in [0.5, 0.6) is 0 Å². The Bertz CT molecular complexity index is 499. The van der Waals surface area contributed by atoms with Gasteiger partial charge in [-0.3, -0.25) is 4.98 Å². The van der Waals surface area contributed by atoms with Gasteiger partial charge in [0.2, 0.25) is 0 Å². The molecule has 0 unspecified atom stereocenters. The summed E-state index contributed by atoms with van der Waals surface area (Å²) in [4.78, 5) is 12.6. The molecule has 0 saturated carbocycles. The number of aliphatic imine (C=N–C) groups is 1. The Morgan fingerprint density at radius 3 is 2.32 bits per heavy atom. The van der Waals surface area contributed by atoms with Crippen LogP contribution in [-0.2, 0) is 0 Å². The molecule has 22 heavy (non-hydrogen) atoms. The summed E-state index contributed by atoms with van der Waals surface area (Å²) in [5.74, 6) is 0.775. The smallest absolute Gasteiger partial charge is 0.151 e. The van der Waals surface area contributed by atoms with Crippen molar-refractivity contribution in [3.05, 3.63) is 48.2 Å². The van der Waals surface area contributed by atoms with Gasteiger partial charge in [0.05, 0.1) is 5.70 Å². The Labute approximate surface area is 133 Å². The zero-order valence-corrected chi connectivity index (χ0v) is 13.9. The van der Waals surface area contributed by atoms with Gasteiger partial charge in [-0.05, 0) is 31.9 Å². The molecule has 0 aromatic carbocycles. The molecule has 0 amide bonds. The average Bonchev–Trinajstić information content (AvgIpc) is 2.59. The molecule has 120 valence electrons. The van der Waals surface area contributed by atoms with Gasteiger partial charge in [-0.2, -0.15) is 0 Å². The SMILES string of the molecule is C=N/C(=C(N)\C=C/C)N1CCN(c2ccncc2)CC1.CC. The highest BCUT2D eigenvalue weighted by Crippen LogP contribution is 2.18. The standard InChI is InChI=1S/C15H21N5.C2H6/c1-3-4-14(16)15(17-2)20-11-9-19(10-12-20)13-5-7-18-8-6-13;1-2/h3-8H,2,9-12,16H2,1H3;1-2H3/b4-3-,15-14-;. The number of anilines is 1. The molecule has 0 bridgehead atoms. The molecule has 0 aliphatic carbocycles. The summed E-state index contributed by atoms with van der Waals surface area (Å²) in [6, 6.07) is 4.07. The fraction of sp³-hybridized carbons (Fsp3) is 0.412. The van der Waals surface area contributed by atoms with E-state index in [-0.39, 0.29) is 0 Å². The second-order valence-corrected chi connectivity index (χ2v) is 4.62. The van der Waals surface area contributed by atoms with E-state index in [0.717, 1.165) is 32.0 Å². The first-order chi connectivity index (χ1) is 10.8. The lowest BCUT2D eigenvalue weighted by molar-refractivity contribution is 0.316. The maximum Gasteiger partial charge on any atom is 0.151 e. The van der Waals surface area contributed by atoms with E-state index in [0.29, 0.717) is 5.70 Å². The second kappa shape index (κ2) is 9.60. The number of allylic oxidation sites excluding steroid dienone is 2. The summed E-state index contributed by atoms with van der Waals surface area (Å²) in [6.45, 7) is 13.2. The highest BCUT2D eigenvalue weighted by atomic mass is 15.3. The summed E-state index contributed by atoms with van der Waals surface area (Å²) in [5.41, 5.74) is 7.88. The van der Waals surface area contributed by atoms with E-state index in [9.17, 15) is 0 Å².